The van der Waals surface area contributed by atoms with E-state index in [0.717, 1.165) is 22.9 Å². The van der Waals surface area contributed by atoms with Gasteiger partial charge in [-0.1, -0.05) is 6.07 Å². The Balaban J connectivity index is 1.38. The van der Waals surface area contributed by atoms with Crippen LogP contribution in [0.3, 0.4) is 0 Å². The number of anilines is 1. The average Bonchev–Trinajstić information content (AvgIpc) is 3.24. The van der Waals surface area contributed by atoms with Crippen molar-refractivity contribution in [2.45, 2.75) is 26.2 Å². The summed E-state index contributed by atoms with van der Waals surface area (Å²) in [5.41, 5.74) is 6.02. The summed E-state index contributed by atoms with van der Waals surface area (Å²) in [4.78, 5) is 40.3. The predicted octanol–water partition coefficient (Wildman–Crippen LogP) is 4.77. The first kappa shape index (κ1) is 22.9. The van der Waals surface area contributed by atoms with E-state index in [-0.39, 0.29) is 22.9 Å². The molecule has 0 spiro atoms. The molecule has 36 heavy (non-hydrogen) atoms. The largest absolute Gasteiger partial charge is 0.455 e. The van der Waals surface area contributed by atoms with Gasteiger partial charge in [0.05, 0.1) is 21.8 Å². The van der Waals surface area contributed by atoms with Gasteiger partial charge in [-0.2, -0.15) is 5.10 Å². The number of fused-ring (bicyclic) bond motifs is 2. The second kappa shape index (κ2) is 9.41. The van der Waals surface area contributed by atoms with E-state index in [9.17, 15) is 19.7 Å². The van der Waals surface area contributed by atoms with Crippen LogP contribution in [0, 0.1) is 17.0 Å². The van der Waals surface area contributed by atoms with E-state index in [1.165, 1.54) is 24.3 Å². The van der Waals surface area contributed by atoms with Gasteiger partial charge >= 0.3 is 0 Å². The van der Waals surface area contributed by atoms with E-state index >= 15 is 0 Å². The molecule has 1 aliphatic carbocycles. The molecule has 0 saturated carbocycles. The van der Waals surface area contributed by atoms with E-state index in [1.807, 2.05) is 24.3 Å². The molecular weight excluding hydrogens is 462 g/mol. The zero-order chi connectivity index (χ0) is 25.2. The number of carbonyl (C=O) groups excluding carboxylic acids is 2. The van der Waals surface area contributed by atoms with Crippen molar-refractivity contribution < 1.29 is 18.9 Å². The number of nitrogens with one attached hydrogen (secondary N) is 2. The molecule has 10 nitrogen and oxygen atoms in total. The Kier molecular flexibility index (Phi) is 5.99. The maximum absolute atomic E-state index is 13.1. The fraction of sp³-hybridized carbons (Fsp3) is 0.154. The first-order chi connectivity index (χ1) is 17.4. The van der Waals surface area contributed by atoms with E-state index < -0.39 is 10.8 Å². The van der Waals surface area contributed by atoms with Crippen LogP contribution in [0.4, 0.5) is 11.4 Å². The number of nitrogens with zero attached hydrogens (tertiary/aromatic N) is 3. The van der Waals surface area contributed by atoms with Crippen molar-refractivity contribution in [3.8, 4) is 0 Å². The molecule has 0 fully saturated rings. The van der Waals surface area contributed by atoms with Crippen molar-refractivity contribution in [1.82, 2.24) is 10.4 Å². The summed E-state index contributed by atoms with van der Waals surface area (Å²) in [6.07, 6.45) is 3.70. The molecule has 2 heterocycles. The van der Waals surface area contributed by atoms with Crippen LogP contribution in [0.15, 0.2) is 70.3 Å². The Morgan fingerprint density at radius 3 is 2.64 bits per heavy atom. The van der Waals surface area contributed by atoms with Gasteiger partial charge in [0, 0.05) is 46.8 Å². The molecule has 2 aromatic carbocycles. The lowest BCUT2D eigenvalue weighted by atomic mass is 9.93. The van der Waals surface area contributed by atoms with Crippen LogP contribution < -0.4 is 10.7 Å². The minimum Gasteiger partial charge on any atom is -0.455 e. The van der Waals surface area contributed by atoms with Crippen molar-refractivity contribution in [2.75, 3.05) is 5.32 Å². The maximum atomic E-state index is 13.1. The number of nitro groups is 1. The molecular formula is C26H21N5O5. The Labute approximate surface area is 205 Å². The van der Waals surface area contributed by atoms with Gasteiger partial charge in [0.25, 0.3) is 17.5 Å². The number of nitro benzene ring substituents is 1. The highest BCUT2D eigenvalue weighted by molar-refractivity contribution is 6.11. The Morgan fingerprint density at radius 2 is 1.86 bits per heavy atom. The van der Waals surface area contributed by atoms with Gasteiger partial charge < -0.3 is 9.73 Å². The molecule has 0 bridgehead atoms. The molecule has 0 saturated heterocycles. The van der Waals surface area contributed by atoms with Crippen molar-refractivity contribution in [2.24, 2.45) is 5.10 Å². The first-order valence-electron chi connectivity index (χ1n) is 11.3. The van der Waals surface area contributed by atoms with Gasteiger partial charge in [0.2, 0.25) is 0 Å². The molecule has 2 amide bonds. The number of aromatic nitrogens is 1. The molecule has 4 aromatic rings. The van der Waals surface area contributed by atoms with Gasteiger partial charge in [-0.05, 0) is 56.2 Å². The molecule has 0 atom stereocenters. The number of hydrazone groups is 1. The standard InChI is InChI=1S/C26H21N5O5/c1-15-23-21(29-30-25(32)16-10-12-17(13-11-16)31(34)35)8-3-9-22(23)36-24(15)26(33)28-20-7-2-6-19-18(20)5-4-14-27-19/h2,4-7,10-14H,3,8-9H2,1H3,(H,28,33)(H,30,32)/b29-21+. The lowest BCUT2D eigenvalue weighted by Crippen LogP contribution is -2.22. The molecule has 0 radical (unpaired) electrons. The molecule has 10 heteroatoms. The molecule has 2 N–H and O–H groups in total. The summed E-state index contributed by atoms with van der Waals surface area (Å²) in [5.74, 6) is -0.0373. The summed E-state index contributed by atoms with van der Waals surface area (Å²) in [6, 6.07) is 14.5. The van der Waals surface area contributed by atoms with Gasteiger partial charge in [-0.3, -0.25) is 24.7 Å². The number of rotatable bonds is 5. The molecule has 1 aliphatic rings. The van der Waals surface area contributed by atoms with Crippen LogP contribution in [0.2, 0.25) is 0 Å². The van der Waals surface area contributed by atoms with Crippen molar-refractivity contribution in [3.05, 3.63) is 99.1 Å². The maximum Gasteiger partial charge on any atom is 0.291 e. The molecule has 5 rings (SSSR count). The van der Waals surface area contributed by atoms with Crippen LogP contribution in [0.25, 0.3) is 10.9 Å². The number of aryl methyl sites for hydroxylation is 1. The van der Waals surface area contributed by atoms with Crippen LogP contribution in [-0.4, -0.2) is 27.4 Å². The number of amides is 2. The molecule has 2 aromatic heterocycles. The summed E-state index contributed by atoms with van der Waals surface area (Å²) in [7, 11) is 0. The van der Waals surface area contributed by atoms with Gasteiger partial charge in [-0.15, -0.1) is 0 Å². The van der Waals surface area contributed by atoms with Gasteiger partial charge in [-0.25, -0.2) is 5.43 Å². The van der Waals surface area contributed by atoms with Crippen LogP contribution in [0.1, 0.15) is 50.6 Å². The Morgan fingerprint density at radius 1 is 1.06 bits per heavy atom. The molecule has 180 valence electrons. The fourth-order valence-corrected chi connectivity index (χ4v) is 4.31. The van der Waals surface area contributed by atoms with Crippen molar-refractivity contribution >= 4 is 39.8 Å². The predicted molar refractivity (Wildman–Crippen MR) is 133 cm³/mol. The van der Waals surface area contributed by atoms with E-state index in [0.29, 0.717) is 35.6 Å². The lowest BCUT2D eigenvalue weighted by molar-refractivity contribution is -0.384. The third-order valence-electron chi connectivity index (χ3n) is 6.06. The number of benzene rings is 2. The Hall–Kier alpha value is -4.86. The van der Waals surface area contributed by atoms with E-state index in [4.69, 9.17) is 4.42 Å². The topological polar surface area (TPSA) is 140 Å². The number of hydrogen-bond donors (Lipinski definition) is 2. The minimum atomic E-state index is -0.530. The second-order valence-electron chi connectivity index (χ2n) is 8.34. The minimum absolute atomic E-state index is 0.102. The highest BCUT2D eigenvalue weighted by Gasteiger charge is 2.28. The summed E-state index contributed by atoms with van der Waals surface area (Å²) < 4.78 is 5.96. The summed E-state index contributed by atoms with van der Waals surface area (Å²) in [6.45, 7) is 1.79. The van der Waals surface area contributed by atoms with Crippen LogP contribution in [0.5, 0.6) is 0 Å². The highest BCUT2D eigenvalue weighted by atomic mass is 16.6. The molecule has 0 aliphatic heterocycles. The van der Waals surface area contributed by atoms with Crippen molar-refractivity contribution in [1.29, 1.82) is 0 Å². The fourth-order valence-electron chi connectivity index (χ4n) is 4.31. The van der Waals surface area contributed by atoms with Crippen LogP contribution >= 0.6 is 0 Å². The van der Waals surface area contributed by atoms with E-state index in [1.54, 1.807) is 19.2 Å². The Bertz CT molecular complexity index is 1530. The number of pyridine rings is 1. The van der Waals surface area contributed by atoms with Crippen molar-refractivity contribution in [3.63, 3.8) is 0 Å². The number of furan rings is 1. The van der Waals surface area contributed by atoms with Gasteiger partial charge in [0.15, 0.2) is 5.76 Å². The average molecular weight is 483 g/mol. The first-order valence-corrected chi connectivity index (χ1v) is 11.3. The third-order valence-corrected chi connectivity index (χ3v) is 6.06. The van der Waals surface area contributed by atoms with Crippen LogP contribution in [-0.2, 0) is 6.42 Å². The lowest BCUT2D eigenvalue weighted by Gasteiger charge is -2.13. The van der Waals surface area contributed by atoms with E-state index in [2.05, 4.69) is 20.8 Å². The highest BCUT2D eigenvalue weighted by Crippen LogP contribution is 2.31. The third kappa shape index (κ3) is 4.31. The molecule has 0 unspecified atom stereocenters. The van der Waals surface area contributed by atoms with Gasteiger partial charge in [0.1, 0.15) is 5.76 Å². The number of non-ortho nitro benzene ring substituents is 1. The quantitative estimate of drug-likeness (QED) is 0.310. The smallest absolute Gasteiger partial charge is 0.291 e. The summed E-state index contributed by atoms with van der Waals surface area (Å²) in [5, 5.41) is 18.9. The summed E-state index contributed by atoms with van der Waals surface area (Å²) >= 11 is 0. The zero-order valence-corrected chi connectivity index (χ0v) is 19.3. The second-order valence-corrected chi connectivity index (χ2v) is 8.34. The monoisotopic (exact) mass is 483 g/mol. The number of hydrogen-bond acceptors (Lipinski definition) is 7. The zero-order valence-electron chi connectivity index (χ0n) is 19.3. The number of carbonyl (C=O) groups is 2. The normalized spacial score (nSPS) is 13.9. The SMILES string of the molecule is Cc1c(C(=O)Nc2cccc3ncccc23)oc2c1/C(=N/NC(=O)c1ccc([N+](=O)[O-])cc1)CCC2.